The van der Waals surface area contributed by atoms with Crippen LogP contribution < -0.4 is 5.32 Å². The van der Waals surface area contributed by atoms with Crippen LogP contribution in [0.4, 0.5) is 10.6 Å². The molecular formula is C15H16N4O3. The molecule has 1 N–H and O–H groups in total. The minimum atomic E-state index is -0.205. The lowest BCUT2D eigenvalue weighted by Crippen LogP contribution is -2.51. The fourth-order valence-corrected chi connectivity index (χ4v) is 2.29. The van der Waals surface area contributed by atoms with E-state index in [1.807, 2.05) is 6.07 Å². The highest BCUT2D eigenvalue weighted by atomic mass is 16.3. The van der Waals surface area contributed by atoms with Crippen LogP contribution in [0.2, 0.25) is 0 Å². The summed E-state index contributed by atoms with van der Waals surface area (Å²) in [7, 11) is 0. The molecule has 2 aromatic heterocycles. The minimum Gasteiger partial charge on any atom is -0.459 e. The predicted octanol–water partition coefficient (Wildman–Crippen LogP) is 1.66. The predicted molar refractivity (Wildman–Crippen MR) is 79.4 cm³/mol. The van der Waals surface area contributed by atoms with Gasteiger partial charge >= 0.3 is 6.03 Å². The Labute approximate surface area is 127 Å². The first kappa shape index (κ1) is 14.1. The van der Waals surface area contributed by atoms with Gasteiger partial charge in [0.1, 0.15) is 5.82 Å². The molecule has 3 rings (SSSR count). The number of pyridine rings is 1. The molecule has 1 aliphatic rings. The lowest BCUT2D eigenvalue weighted by atomic mass is 10.3. The van der Waals surface area contributed by atoms with Crippen molar-refractivity contribution in [3.63, 3.8) is 0 Å². The Morgan fingerprint density at radius 1 is 1.05 bits per heavy atom. The maximum atomic E-state index is 12.1. The molecule has 0 bridgehead atoms. The molecule has 0 saturated carbocycles. The first-order valence-electron chi connectivity index (χ1n) is 7.04. The zero-order valence-electron chi connectivity index (χ0n) is 11.9. The highest BCUT2D eigenvalue weighted by Gasteiger charge is 2.26. The quantitative estimate of drug-likeness (QED) is 0.915. The van der Waals surface area contributed by atoms with Crippen molar-refractivity contribution < 1.29 is 14.0 Å². The van der Waals surface area contributed by atoms with Crippen LogP contribution in [0.1, 0.15) is 10.6 Å². The Morgan fingerprint density at radius 2 is 1.82 bits per heavy atom. The SMILES string of the molecule is O=C(Nc1ccccn1)N1CCN(C(=O)c2ccco2)CC1. The molecule has 1 fully saturated rings. The van der Waals surface area contributed by atoms with Gasteiger partial charge in [-0.3, -0.25) is 10.1 Å². The molecule has 0 unspecified atom stereocenters. The molecule has 22 heavy (non-hydrogen) atoms. The average Bonchev–Trinajstić information content (AvgIpc) is 3.10. The number of amides is 3. The van der Waals surface area contributed by atoms with E-state index in [2.05, 4.69) is 10.3 Å². The van der Waals surface area contributed by atoms with Crippen molar-refractivity contribution in [1.29, 1.82) is 0 Å². The summed E-state index contributed by atoms with van der Waals surface area (Å²) < 4.78 is 5.11. The molecule has 0 spiro atoms. The van der Waals surface area contributed by atoms with Gasteiger partial charge in [-0.2, -0.15) is 0 Å². The van der Waals surface area contributed by atoms with Gasteiger partial charge in [0.25, 0.3) is 5.91 Å². The molecule has 0 aromatic carbocycles. The third-order valence-corrected chi connectivity index (χ3v) is 3.49. The van der Waals surface area contributed by atoms with Crippen LogP contribution in [-0.2, 0) is 0 Å². The number of hydrogen-bond acceptors (Lipinski definition) is 4. The topological polar surface area (TPSA) is 78.7 Å². The van der Waals surface area contributed by atoms with Gasteiger partial charge in [0.05, 0.1) is 6.26 Å². The van der Waals surface area contributed by atoms with Gasteiger partial charge in [0.2, 0.25) is 0 Å². The molecule has 1 saturated heterocycles. The molecule has 3 amide bonds. The van der Waals surface area contributed by atoms with Crippen LogP contribution in [0, 0.1) is 0 Å². The molecule has 114 valence electrons. The number of nitrogens with one attached hydrogen (secondary N) is 1. The van der Waals surface area contributed by atoms with Gasteiger partial charge in [-0.15, -0.1) is 0 Å². The van der Waals surface area contributed by atoms with Crippen molar-refractivity contribution in [3.8, 4) is 0 Å². The van der Waals surface area contributed by atoms with E-state index >= 15 is 0 Å². The number of carbonyl (C=O) groups excluding carboxylic acids is 2. The van der Waals surface area contributed by atoms with Gasteiger partial charge in [-0.25, -0.2) is 9.78 Å². The molecule has 7 nitrogen and oxygen atoms in total. The number of hydrogen-bond donors (Lipinski definition) is 1. The number of furan rings is 1. The van der Waals surface area contributed by atoms with E-state index < -0.39 is 0 Å². The highest BCUT2D eigenvalue weighted by molar-refractivity contribution is 5.92. The summed E-state index contributed by atoms with van der Waals surface area (Å²) in [4.78, 5) is 31.7. The summed E-state index contributed by atoms with van der Waals surface area (Å²) in [5.74, 6) is 0.697. The number of urea groups is 1. The Balaban J connectivity index is 1.53. The number of rotatable bonds is 2. The number of carbonyl (C=O) groups is 2. The summed E-state index contributed by atoms with van der Waals surface area (Å²) in [6.45, 7) is 1.92. The zero-order valence-corrected chi connectivity index (χ0v) is 11.9. The van der Waals surface area contributed by atoms with Crippen molar-refractivity contribution in [2.45, 2.75) is 0 Å². The highest BCUT2D eigenvalue weighted by Crippen LogP contribution is 2.10. The van der Waals surface area contributed by atoms with E-state index in [1.165, 1.54) is 6.26 Å². The molecule has 2 aromatic rings. The minimum absolute atomic E-state index is 0.144. The van der Waals surface area contributed by atoms with Crippen LogP contribution in [0.25, 0.3) is 0 Å². The third-order valence-electron chi connectivity index (χ3n) is 3.49. The fraction of sp³-hybridized carbons (Fsp3) is 0.267. The van der Waals surface area contributed by atoms with Crippen molar-refractivity contribution in [3.05, 3.63) is 48.6 Å². The normalized spacial score (nSPS) is 14.7. The van der Waals surface area contributed by atoms with Crippen molar-refractivity contribution in [2.24, 2.45) is 0 Å². The average molecular weight is 300 g/mol. The Morgan fingerprint density at radius 3 is 2.45 bits per heavy atom. The van der Waals surface area contributed by atoms with Crippen LogP contribution in [-0.4, -0.2) is 52.9 Å². The summed E-state index contributed by atoms with van der Waals surface area (Å²) in [6, 6.07) is 8.45. The summed E-state index contributed by atoms with van der Waals surface area (Å²) in [6.07, 6.45) is 3.10. The molecule has 0 aliphatic carbocycles. The van der Waals surface area contributed by atoms with Gasteiger partial charge in [0, 0.05) is 32.4 Å². The fourth-order valence-electron chi connectivity index (χ4n) is 2.29. The Bertz CT molecular complexity index is 634. The maximum absolute atomic E-state index is 12.1. The first-order valence-corrected chi connectivity index (χ1v) is 7.04. The van der Waals surface area contributed by atoms with E-state index in [0.717, 1.165) is 0 Å². The smallest absolute Gasteiger partial charge is 0.323 e. The molecule has 0 atom stereocenters. The molecule has 3 heterocycles. The molecule has 0 radical (unpaired) electrons. The maximum Gasteiger partial charge on any atom is 0.323 e. The van der Waals surface area contributed by atoms with Gasteiger partial charge in [-0.1, -0.05) is 6.07 Å². The summed E-state index contributed by atoms with van der Waals surface area (Å²) in [5, 5.41) is 2.74. The van der Waals surface area contributed by atoms with Crippen LogP contribution >= 0.6 is 0 Å². The Kier molecular flexibility index (Phi) is 4.04. The van der Waals surface area contributed by atoms with Crippen LogP contribution in [0.5, 0.6) is 0 Å². The van der Waals surface area contributed by atoms with Gasteiger partial charge < -0.3 is 14.2 Å². The van der Waals surface area contributed by atoms with Crippen molar-refractivity contribution in [1.82, 2.24) is 14.8 Å². The van der Waals surface area contributed by atoms with Gasteiger partial charge in [-0.05, 0) is 24.3 Å². The van der Waals surface area contributed by atoms with Crippen LogP contribution in [0.3, 0.4) is 0 Å². The lowest BCUT2D eigenvalue weighted by molar-refractivity contribution is 0.0640. The van der Waals surface area contributed by atoms with E-state index in [9.17, 15) is 9.59 Å². The summed E-state index contributed by atoms with van der Waals surface area (Å²) in [5.41, 5.74) is 0. The zero-order chi connectivity index (χ0) is 15.4. The number of anilines is 1. The lowest BCUT2D eigenvalue weighted by Gasteiger charge is -2.34. The number of aromatic nitrogens is 1. The first-order chi connectivity index (χ1) is 10.7. The van der Waals surface area contributed by atoms with Crippen LogP contribution in [0.15, 0.2) is 47.2 Å². The van der Waals surface area contributed by atoms with Gasteiger partial charge in [0.15, 0.2) is 5.76 Å². The van der Waals surface area contributed by atoms with E-state index in [-0.39, 0.29) is 11.9 Å². The van der Waals surface area contributed by atoms with E-state index in [0.29, 0.717) is 37.8 Å². The standard InChI is InChI=1S/C15H16N4O3/c20-14(12-4-3-11-22-12)18-7-9-19(10-8-18)15(21)17-13-5-1-2-6-16-13/h1-6,11H,7-10H2,(H,16,17,21). The molecule has 1 aliphatic heterocycles. The second kappa shape index (κ2) is 6.30. The Hall–Kier alpha value is -2.83. The number of piperazine rings is 1. The molecule has 7 heteroatoms. The second-order valence-corrected chi connectivity index (χ2v) is 4.90. The number of nitrogens with zero attached hydrogens (tertiary/aromatic N) is 3. The second-order valence-electron chi connectivity index (χ2n) is 4.90. The third kappa shape index (κ3) is 3.08. The van der Waals surface area contributed by atoms with E-state index in [4.69, 9.17) is 4.42 Å². The van der Waals surface area contributed by atoms with Crippen molar-refractivity contribution >= 4 is 17.8 Å². The monoisotopic (exact) mass is 300 g/mol. The molecular weight excluding hydrogens is 284 g/mol. The van der Waals surface area contributed by atoms with Crippen molar-refractivity contribution in [2.75, 3.05) is 31.5 Å². The largest absolute Gasteiger partial charge is 0.459 e. The summed E-state index contributed by atoms with van der Waals surface area (Å²) >= 11 is 0. The van der Waals surface area contributed by atoms with E-state index in [1.54, 1.807) is 40.3 Å².